The van der Waals surface area contributed by atoms with E-state index in [1.54, 1.807) is 12.1 Å². The molecule has 0 amide bonds. The first-order valence-electron chi connectivity index (χ1n) is 5.99. The van der Waals surface area contributed by atoms with Crippen LogP contribution < -0.4 is 10.0 Å². The van der Waals surface area contributed by atoms with Crippen LogP contribution in [0.15, 0.2) is 27.6 Å². The van der Waals surface area contributed by atoms with Crippen LogP contribution >= 0.6 is 15.9 Å². The second-order valence-electron chi connectivity index (χ2n) is 4.53. The fourth-order valence-electron chi connectivity index (χ4n) is 2.05. The zero-order valence-corrected chi connectivity index (χ0v) is 12.6. The number of hydrogen-bond donors (Lipinski definition) is 2. The molecule has 0 saturated carbocycles. The molecule has 4 nitrogen and oxygen atoms in total. The topological polar surface area (TPSA) is 58.2 Å². The summed E-state index contributed by atoms with van der Waals surface area (Å²) in [6.07, 6.45) is 1.67. The summed E-state index contributed by atoms with van der Waals surface area (Å²) in [4.78, 5) is 0.320. The van der Waals surface area contributed by atoms with Crippen LogP contribution in [-0.4, -0.2) is 27.5 Å². The lowest BCUT2D eigenvalue weighted by molar-refractivity contribution is 0.427. The summed E-state index contributed by atoms with van der Waals surface area (Å²) < 4.78 is 28.1. The zero-order valence-electron chi connectivity index (χ0n) is 10.2. The molecule has 100 valence electrons. The summed E-state index contributed by atoms with van der Waals surface area (Å²) in [7, 11) is -3.44. The van der Waals surface area contributed by atoms with Gasteiger partial charge in [-0.25, -0.2) is 13.1 Å². The summed E-state index contributed by atoms with van der Waals surface area (Å²) in [5, 5.41) is 3.22. The maximum absolute atomic E-state index is 12.3. The lowest BCUT2D eigenvalue weighted by atomic mass is 10.1. The largest absolute Gasteiger partial charge is 0.317 e. The van der Waals surface area contributed by atoms with Gasteiger partial charge in [0.25, 0.3) is 0 Å². The second kappa shape index (κ2) is 5.69. The number of hydrogen-bond acceptors (Lipinski definition) is 3. The van der Waals surface area contributed by atoms with Gasteiger partial charge in [0, 0.05) is 10.5 Å². The van der Waals surface area contributed by atoms with Gasteiger partial charge < -0.3 is 5.32 Å². The zero-order chi connectivity index (χ0) is 13.2. The third kappa shape index (κ3) is 3.12. The fraction of sp³-hybridized carbons (Fsp3) is 0.500. The standard InChI is InChI=1S/C12H17BrN2O2S/c1-9-3-2-4-11(12(9)13)18(16,17)15-10-5-7-14-8-6-10/h2-4,10,14-15H,5-8H2,1H3. The number of piperidine rings is 1. The molecule has 0 bridgehead atoms. The first-order valence-corrected chi connectivity index (χ1v) is 8.26. The monoisotopic (exact) mass is 332 g/mol. The third-order valence-electron chi connectivity index (χ3n) is 3.11. The first-order chi connectivity index (χ1) is 8.50. The molecule has 0 aromatic heterocycles. The van der Waals surface area contributed by atoms with Gasteiger partial charge in [-0.3, -0.25) is 0 Å². The van der Waals surface area contributed by atoms with E-state index in [1.165, 1.54) is 0 Å². The van der Waals surface area contributed by atoms with Gasteiger partial charge in [0.15, 0.2) is 0 Å². The Kier molecular flexibility index (Phi) is 4.42. The molecule has 1 saturated heterocycles. The van der Waals surface area contributed by atoms with Crippen molar-refractivity contribution in [3.8, 4) is 0 Å². The summed E-state index contributed by atoms with van der Waals surface area (Å²) >= 11 is 3.35. The Morgan fingerprint density at radius 3 is 2.67 bits per heavy atom. The molecule has 0 radical (unpaired) electrons. The summed E-state index contributed by atoms with van der Waals surface area (Å²) in [6, 6.07) is 5.30. The van der Waals surface area contributed by atoms with E-state index in [0.29, 0.717) is 9.37 Å². The van der Waals surface area contributed by atoms with Crippen LogP contribution in [0.3, 0.4) is 0 Å². The first kappa shape index (κ1) is 14.0. The van der Waals surface area contributed by atoms with Crippen molar-refractivity contribution in [2.24, 2.45) is 0 Å². The van der Waals surface area contributed by atoms with Crippen LogP contribution in [0.25, 0.3) is 0 Å². The van der Waals surface area contributed by atoms with E-state index >= 15 is 0 Å². The highest BCUT2D eigenvalue weighted by Crippen LogP contribution is 2.25. The molecule has 1 aliphatic heterocycles. The van der Waals surface area contributed by atoms with E-state index in [1.807, 2.05) is 13.0 Å². The lowest BCUT2D eigenvalue weighted by Gasteiger charge is -2.23. The van der Waals surface area contributed by atoms with Crippen molar-refractivity contribution in [1.29, 1.82) is 0 Å². The predicted molar refractivity (Wildman–Crippen MR) is 75.1 cm³/mol. The number of halogens is 1. The highest BCUT2D eigenvalue weighted by atomic mass is 79.9. The minimum Gasteiger partial charge on any atom is -0.317 e. The van der Waals surface area contributed by atoms with E-state index in [-0.39, 0.29) is 6.04 Å². The third-order valence-corrected chi connectivity index (χ3v) is 5.98. The van der Waals surface area contributed by atoms with E-state index in [0.717, 1.165) is 31.5 Å². The van der Waals surface area contributed by atoms with Crippen LogP contribution in [0.2, 0.25) is 0 Å². The minimum atomic E-state index is -3.44. The molecule has 0 atom stereocenters. The van der Waals surface area contributed by atoms with E-state index in [4.69, 9.17) is 0 Å². The number of rotatable bonds is 3. The molecule has 0 unspecified atom stereocenters. The minimum absolute atomic E-state index is 0.0312. The number of nitrogens with one attached hydrogen (secondary N) is 2. The van der Waals surface area contributed by atoms with Gasteiger partial charge in [0.05, 0.1) is 4.90 Å². The Morgan fingerprint density at radius 1 is 1.33 bits per heavy atom. The van der Waals surface area contributed by atoms with Gasteiger partial charge in [-0.15, -0.1) is 0 Å². The number of benzene rings is 1. The molecule has 1 aromatic carbocycles. The van der Waals surface area contributed by atoms with Crippen molar-refractivity contribution >= 4 is 26.0 Å². The molecule has 1 aliphatic rings. The summed E-state index contributed by atoms with van der Waals surface area (Å²) in [5.74, 6) is 0. The molecule has 1 fully saturated rings. The van der Waals surface area contributed by atoms with Crippen LogP contribution in [0.5, 0.6) is 0 Å². The highest BCUT2D eigenvalue weighted by Gasteiger charge is 2.23. The van der Waals surface area contributed by atoms with Gasteiger partial charge in [0.1, 0.15) is 0 Å². The van der Waals surface area contributed by atoms with Crippen LogP contribution in [0.4, 0.5) is 0 Å². The Labute approximate surface area is 116 Å². The quantitative estimate of drug-likeness (QED) is 0.887. The maximum Gasteiger partial charge on any atom is 0.241 e. The maximum atomic E-state index is 12.3. The average Bonchev–Trinajstić information content (AvgIpc) is 2.33. The van der Waals surface area contributed by atoms with Crippen LogP contribution in [0.1, 0.15) is 18.4 Å². The molecule has 2 N–H and O–H groups in total. The Morgan fingerprint density at radius 2 is 2.00 bits per heavy atom. The second-order valence-corrected chi connectivity index (χ2v) is 7.01. The molecule has 0 spiro atoms. The molecule has 0 aliphatic carbocycles. The van der Waals surface area contributed by atoms with Gasteiger partial charge in [-0.1, -0.05) is 12.1 Å². The van der Waals surface area contributed by atoms with Gasteiger partial charge in [-0.05, 0) is 60.4 Å². The Bertz CT molecular complexity index is 525. The van der Waals surface area contributed by atoms with Crippen LogP contribution in [0, 0.1) is 6.92 Å². The lowest BCUT2D eigenvalue weighted by Crippen LogP contribution is -2.42. The molecule has 1 heterocycles. The van der Waals surface area contributed by atoms with Crippen molar-refractivity contribution in [2.45, 2.75) is 30.7 Å². The predicted octanol–water partition coefficient (Wildman–Crippen LogP) is 1.79. The van der Waals surface area contributed by atoms with Gasteiger partial charge in [-0.2, -0.15) is 0 Å². The summed E-state index contributed by atoms with van der Waals surface area (Å²) in [5.41, 5.74) is 0.920. The van der Waals surface area contributed by atoms with E-state index in [2.05, 4.69) is 26.0 Å². The smallest absolute Gasteiger partial charge is 0.241 e. The van der Waals surface area contributed by atoms with Crippen molar-refractivity contribution in [1.82, 2.24) is 10.0 Å². The molecule has 6 heteroatoms. The Balaban J connectivity index is 2.22. The van der Waals surface area contributed by atoms with Crippen molar-refractivity contribution in [3.05, 3.63) is 28.2 Å². The van der Waals surface area contributed by atoms with E-state index in [9.17, 15) is 8.42 Å². The number of sulfonamides is 1. The SMILES string of the molecule is Cc1cccc(S(=O)(=O)NC2CCNCC2)c1Br. The Hall–Kier alpha value is -0.430. The van der Waals surface area contributed by atoms with Gasteiger partial charge >= 0.3 is 0 Å². The number of aryl methyl sites for hydroxylation is 1. The van der Waals surface area contributed by atoms with Crippen molar-refractivity contribution in [2.75, 3.05) is 13.1 Å². The molecular formula is C12H17BrN2O2S. The molecule has 18 heavy (non-hydrogen) atoms. The van der Waals surface area contributed by atoms with Crippen molar-refractivity contribution < 1.29 is 8.42 Å². The van der Waals surface area contributed by atoms with Crippen molar-refractivity contribution in [3.63, 3.8) is 0 Å². The molecule has 1 aromatic rings. The fourth-order valence-corrected chi connectivity index (χ4v) is 4.41. The average molecular weight is 333 g/mol. The molecular weight excluding hydrogens is 316 g/mol. The van der Waals surface area contributed by atoms with E-state index < -0.39 is 10.0 Å². The summed E-state index contributed by atoms with van der Waals surface area (Å²) in [6.45, 7) is 3.61. The normalized spacial score (nSPS) is 17.9. The van der Waals surface area contributed by atoms with Crippen LogP contribution in [-0.2, 0) is 10.0 Å². The van der Waals surface area contributed by atoms with Gasteiger partial charge in [0.2, 0.25) is 10.0 Å². The molecule has 2 rings (SSSR count). The highest BCUT2D eigenvalue weighted by molar-refractivity contribution is 9.10.